The molecule has 0 radical (unpaired) electrons. The van der Waals surface area contributed by atoms with Gasteiger partial charge in [-0.05, 0) is 60.7 Å². The maximum Gasteiger partial charge on any atom is 0.115 e. The highest BCUT2D eigenvalue weighted by atomic mass is 16.3. The van der Waals surface area contributed by atoms with E-state index in [1.165, 1.54) is 5.57 Å². The van der Waals surface area contributed by atoms with Crippen LogP contribution in [0.3, 0.4) is 0 Å². The smallest absolute Gasteiger partial charge is 0.115 e. The Balaban J connectivity index is 2.17. The zero-order valence-corrected chi connectivity index (χ0v) is 12.7. The molecule has 0 atom stereocenters. The second kappa shape index (κ2) is 5.72. The first kappa shape index (κ1) is 14.5. The number of benzene rings is 2. The van der Waals surface area contributed by atoms with Crippen molar-refractivity contribution in [3.63, 3.8) is 0 Å². The van der Waals surface area contributed by atoms with E-state index in [9.17, 15) is 10.2 Å². The Hall–Kier alpha value is -2.48. The van der Waals surface area contributed by atoms with Crippen LogP contribution in [0.5, 0.6) is 11.5 Å². The van der Waals surface area contributed by atoms with Crippen molar-refractivity contribution in [1.82, 2.24) is 0 Å². The van der Waals surface area contributed by atoms with E-state index in [2.05, 4.69) is 25.2 Å². The first-order valence-corrected chi connectivity index (χ1v) is 7.57. The van der Waals surface area contributed by atoms with Crippen LogP contribution < -0.4 is 0 Å². The standard InChI is InChI=1S/C20H20O2/c1-20(15-5-3-2-4-6-15,16-7-11-18(21)12-8-16)17-9-13-19(22)14-10-17/h3,5-14,21-22H,2,4H2,1H3. The van der Waals surface area contributed by atoms with E-state index in [1.807, 2.05) is 24.3 Å². The second-order valence-electron chi connectivity index (χ2n) is 5.86. The van der Waals surface area contributed by atoms with Gasteiger partial charge in [-0.3, -0.25) is 0 Å². The molecular weight excluding hydrogens is 272 g/mol. The maximum atomic E-state index is 9.58. The molecule has 0 spiro atoms. The summed E-state index contributed by atoms with van der Waals surface area (Å²) in [6, 6.07) is 14.7. The Morgan fingerprint density at radius 1 is 0.773 bits per heavy atom. The zero-order valence-electron chi connectivity index (χ0n) is 12.7. The van der Waals surface area contributed by atoms with Crippen LogP contribution in [0.2, 0.25) is 0 Å². The van der Waals surface area contributed by atoms with Gasteiger partial charge < -0.3 is 10.2 Å². The lowest BCUT2D eigenvalue weighted by Gasteiger charge is -2.34. The van der Waals surface area contributed by atoms with E-state index >= 15 is 0 Å². The lowest BCUT2D eigenvalue weighted by atomic mass is 9.69. The Labute approximate surface area is 131 Å². The Kier molecular flexibility index (Phi) is 3.76. The molecular formula is C20H20O2. The summed E-state index contributed by atoms with van der Waals surface area (Å²) in [7, 11) is 0. The number of phenolic OH excluding ortho intramolecular Hbond substituents is 2. The van der Waals surface area contributed by atoms with Crippen molar-refractivity contribution in [1.29, 1.82) is 0 Å². The summed E-state index contributed by atoms with van der Waals surface area (Å²) in [5, 5.41) is 19.2. The van der Waals surface area contributed by atoms with Gasteiger partial charge in [0.1, 0.15) is 11.5 Å². The first-order chi connectivity index (χ1) is 10.6. The molecule has 1 aliphatic rings. The molecule has 0 unspecified atom stereocenters. The molecule has 0 bridgehead atoms. The third-order valence-electron chi connectivity index (χ3n) is 4.46. The Morgan fingerprint density at radius 2 is 1.27 bits per heavy atom. The van der Waals surface area contributed by atoms with Crippen LogP contribution in [0.15, 0.2) is 72.3 Å². The molecule has 1 aliphatic carbocycles. The summed E-state index contributed by atoms with van der Waals surface area (Å²) in [4.78, 5) is 0. The van der Waals surface area contributed by atoms with Crippen molar-refractivity contribution < 1.29 is 10.2 Å². The van der Waals surface area contributed by atoms with Crippen molar-refractivity contribution >= 4 is 0 Å². The third kappa shape index (κ3) is 2.52. The van der Waals surface area contributed by atoms with Gasteiger partial charge in [0.25, 0.3) is 0 Å². The van der Waals surface area contributed by atoms with E-state index in [0.29, 0.717) is 0 Å². The maximum absolute atomic E-state index is 9.58. The molecule has 0 fully saturated rings. The van der Waals surface area contributed by atoms with Crippen LogP contribution >= 0.6 is 0 Å². The van der Waals surface area contributed by atoms with Crippen molar-refractivity contribution in [2.24, 2.45) is 0 Å². The number of rotatable bonds is 3. The Morgan fingerprint density at radius 3 is 1.68 bits per heavy atom. The summed E-state index contributed by atoms with van der Waals surface area (Å²) >= 11 is 0. The minimum Gasteiger partial charge on any atom is -0.508 e. The highest BCUT2D eigenvalue weighted by molar-refractivity contribution is 5.53. The molecule has 112 valence electrons. The summed E-state index contributed by atoms with van der Waals surface area (Å²) < 4.78 is 0. The van der Waals surface area contributed by atoms with Gasteiger partial charge in [0.2, 0.25) is 0 Å². The minimum absolute atomic E-state index is 0.268. The van der Waals surface area contributed by atoms with Crippen LogP contribution in [-0.4, -0.2) is 10.2 Å². The summed E-state index contributed by atoms with van der Waals surface area (Å²) in [5.41, 5.74) is 3.18. The molecule has 2 aromatic rings. The average Bonchev–Trinajstić information content (AvgIpc) is 2.56. The van der Waals surface area contributed by atoms with Gasteiger partial charge in [-0.1, -0.05) is 42.5 Å². The van der Waals surface area contributed by atoms with E-state index < -0.39 is 0 Å². The number of hydrogen-bond donors (Lipinski definition) is 2. The van der Waals surface area contributed by atoms with Gasteiger partial charge in [-0.25, -0.2) is 0 Å². The van der Waals surface area contributed by atoms with E-state index in [0.717, 1.165) is 24.0 Å². The van der Waals surface area contributed by atoms with Crippen molar-refractivity contribution in [3.8, 4) is 11.5 Å². The van der Waals surface area contributed by atoms with Crippen LogP contribution in [0, 0.1) is 0 Å². The number of phenols is 2. The molecule has 2 N–H and O–H groups in total. The summed E-state index contributed by atoms with van der Waals surface area (Å²) in [6.07, 6.45) is 8.78. The van der Waals surface area contributed by atoms with Crippen LogP contribution in [0.25, 0.3) is 0 Å². The van der Waals surface area contributed by atoms with Crippen molar-refractivity contribution in [2.45, 2.75) is 25.2 Å². The monoisotopic (exact) mass is 292 g/mol. The second-order valence-corrected chi connectivity index (χ2v) is 5.86. The van der Waals surface area contributed by atoms with Gasteiger partial charge >= 0.3 is 0 Å². The predicted molar refractivity (Wildman–Crippen MR) is 89.1 cm³/mol. The van der Waals surface area contributed by atoms with Gasteiger partial charge in [0.15, 0.2) is 0 Å². The molecule has 22 heavy (non-hydrogen) atoms. The predicted octanol–water partition coefficient (Wildman–Crippen LogP) is 4.68. The Bertz CT molecular complexity index is 661. The number of aromatic hydroxyl groups is 2. The minimum atomic E-state index is -0.307. The molecule has 2 nitrogen and oxygen atoms in total. The first-order valence-electron chi connectivity index (χ1n) is 7.57. The third-order valence-corrected chi connectivity index (χ3v) is 4.46. The fraction of sp³-hybridized carbons (Fsp3) is 0.200. The van der Waals surface area contributed by atoms with E-state index in [1.54, 1.807) is 24.3 Å². The summed E-state index contributed by atoms with van der Waals surface area (Å²) in [6.45, 7) is 2.19. The van der Waals surface area contributed by atoms with Crippen molar-refractivity contribution in [3.05, 3.63) is 83.5 Å². The zero-order chi connectivity index (χ0) is 15.6. The number of allylic oxidation sites excluding steroid dienone is 4. The normalized spacial score (nSPS) is 14.7. The highest BCUT2D eigenvalue weighted by Gasteiger charge is 2.32. The molecule has 0 aromatic heterocycles. The molecule has 0 aliphatic heterocycles. The van der Waals surface area contributed by atoms with Crippen LogP contribution in [-0.2, 0) is 5.41 Å². The molecule has 2 aromatic carbocycles. The lowest BCUT2D eigenvalue weighted by Crippen LogP contribution is -2.26. The molecule has 0 saturated heterocycles. The average molecular weight is 292 g/mol. The quantitative estimate of drug-likeness (QED) is 0.862. The molecule has 2 heteroatoms. The van der Waals surface area contributed by atoms with Crippen molar-refractivity contribution in [2.75, 3.05) is 0 Å². The number of hydrogen-bond acceptors (Lipinski definition) is 2. The SMILES string of the molecule is CC(C1=CCCC=C1)(c1ccc(O)cc1)c1ccc(O)cc1. The van der Waals surface area contributed by atoms with Gasteiger partial charge in [-0.2, -0.15) is 0 Å². The fourth-order valence-corrected chi connectivity index (χ4v) is 3.07. The molecule has 0 saturated carbocycles. The topological polar surface area (TPSA) is 40.5 Å². The molecule has 3 rings (SSSR count). The van der Waals surface area contributed by atoms with Crippen LogP contribution in [0.4, 0.5) is 0 Å². The van der Waals surface area contributed by atoms with Gasteiger partial charge in [0, 0.05) is 5.41 Å². The van der Waals surface area contributed by atoms with E-state index in [-0.39, 0.29) is 16.9 Å². The lowest BCUT2D eigenvalue weighted by molar-refractivity contribution is 0.474. The summed E-state index contributed by atoms with van der Waals surface area (Å²) in [5.74, 6) is 0.537. The van der Waals surface area contributed by atoms with Gasteiger partial charge in [0.05, 0.1) is 0 Å². The largest absolute Gasteiger partial charge is 0.508 e. The van der Waals surface area contributed by atoms with Gasteiger partial charge in [-0.15, -0.1) is 0 Å². The van der Waals surface area contributed by atoms with E-state index in [4.69, 9.17) is 0 Å². The molecule has 0 amide bonds. The van der Waals surface area contributed by atoms with Crippen LogP contribution in [0.1, 0.15) is 30.9 Å². The fourth-order valence-electron chi connectivity index (χ4n) is 3.07. The molecule has 0 heterocycles. The highest BCUT2D eigenvalue weighted by Crippen LogP contribution is 2.41.